The summed E-state index contributed by atoms with van der Waals surface area (Å²) in [6.45, 7) is 3.92. The fourth-order valence-electron chi connectivity index (χ4n) is 3.78. The van der Waals surface area contributed by atoms with Gasteiger partial charge in [0, 0.05) is 56.8 Å². The number of benzene rings is 1. The third-order valence-corrected chi connectivity index (χ3v) is 6.35. The number of hydrogen-bond acceptors (Lipinski definition) is 4. The van der Waals surface area contributed by atoms with Gasteiger partial charge in [-0.15, -0.1) is 11.3 Å². The molecule has 5 nitrogen and oxygen atoms in total. The summed E-state index contributed by atoms with van der Waals surface area (Å²) in [4.78, 5) is 33.0. The van der Waals surface area contributed by atoms with Crippen LogP contribution in [0.15, 0.2) is 36.4 Å². The molecule has 2 bridgehead atoms. The minimum absolute atomic E-state index is 0.0150. The fourth-order valence-corrected chi connectivity index (χ4v) is 4.74. The standard InChI is InChI=1S/C20H23N3O2S/c1-21(2)19(24)15-5-3-4-14(12-15)17-6-7-18(26-17)20(25)23-11-10-22-9-8-16(23)13-22/h3-7,12,16H,8-11,13H2,1-2H3. The zero-order chi connectivity index (χ0) is 18.3. The topological polar surface area (TPSA) is 43.9 Å². The number of rotatable bonds is 3. The smallest absolute Gasteiger partial charge is 0.264 e. The monoisotopic (exact) mass is 369 g/mol. The van der Waals surface area contributed by atoms with E-state index in [1.165, 1.54) is 11.3 Å². The van der Waals surface area contributed by atoms with Gasteiger partial charge >= 0.3 is 0 Å². The van der Waals surface area contributed by atoms with Crippen LogP contribution in [0.3, 0.4) is 0 Å². The van der Waals surface area contributed by atoms with E-state index >= 15 is 0 Å². The second-order valence-electron chi connectivity index (χ2n) is 7.19. The molecule has 2 saturated heterocycles. The number of hydrogen-bond donors (Lipinski definition) is 0. The molecule has 2 unspecified atom stereocenters. The third kappa shape index (κ3) is 3.15. The lowest BCUT2D eigenvalue weighted by atomic mass is 10.1. The molecule has 0 spiro atoms. The van der Waals surface area contributed by atoms with E-state index in [-0.39, 0.29) is 11.8 Å². The maximum Gasteiger partial charge on any atom is 0.264 e. The molecule has 0 radical (unpaired) electrons. The first-order valence-electron chi connectivity index (χ1n) is 8.98. The first-order chi connectivity index (χ1) is 12.5. The lowest BCUT2D eigenvalue weighted by molar-refractivity contribution is 0.0614. The quantitative estimate of drug-likeness (QED) is 0.835. The van der Waals surface area contributed by atoms with E-state index in [2.05, 4.69) is 4.90 Å². The van der Waals surface area contributed by atoms with Crippen LogP contribution in [0.1, 0.15) is 26.5 Å². The molecule has 0 saturated carbocycles. The first-order valence-corrected chi connectivity index (χ1v) is 9.80. The largest absolute Gasteiger partial charge is 0.345 e. The summed E-state index contributed by atoms with van der Waals surface area (Å²) in [7, 11) is 3.50. The Morgan fingerprint density at radius 1 is 1.12 bits per heavy atom. The zero-order valence-corrected chi connectivity index (χ0v) is 16.0. The van der Waals surface area contributed by atoms with Crippen molar-refractivity contribution >= 4 is 23.2 Å². The van der Waals surface area contributed by atoms with Crippen LogP contribution < -0.4 is 0 Å². The zero-order valence-electron chi connectivity index (χ0n) is 15.1. The summed E-state index contributed by atoms with van der Waals surface area (Å²) in [5, 5.41) is 0. The molecule has 136 valence electrons. The van der Waals surface area contributed by atoms with Gasteiger partial charge in [0.05, 0.1) is 4.88 Å². The van der Waals surface area contributed by atoms with Crippen molar-refractivity contribution < 1.29 is 9.59 Å². The SMILES string of the molecule is CN(C)C(=O)c1cccc(-c2ccc(C(=O)N3CCN4CCC3C4)s2)c1. The first kappa shape index (κ1) is 17.2. The molecule has 2 aliphatic rings. The third-order valence-electron chi connectivity index (χ3n) is 5.22. The molecule has 2 aliphatic heterocycles. The van der Waals surface area contributed by atoms with E-state index in [1.807, 2.05) is 41.3 Å². The predicted octanol–water partition coefficient (Wildman–Crippen LogP) is 2.65. The summed E-state index contributed by atoms with van der Waals surface area (Å²) in [6, 6.07) is 11.9. The molecule has 0 aliphatic carbocycles. The summed E-state index contributed by atoms with van der Waals surface area (Å²) >= 11 is 1.51. The van der Waals surface area contributed by atoms with E-state index < -0.39 is 0 Å². The Hall–Kier alpha value is -2.18. The highest BCUT2D eigenvalue weighted by Gasteiger charge is 2.35. The van der Waals surface area contributed by atoms with Crippen LogP contribution >= 0.6 is 11.3 Å². The molecular formula is C20H23N3O2S. The molecule has 1 aromatic heterocycles. The van der Waals surface area contributed by atoms with Gasteiger partial charge in [0.15, 0.2) is 0 Å². The highest BCUT2D eigenvalue weighted by atomic mass is 32.1. The molecule has 0 N–H and O–H groups in total. The molecule has 6 heteroatoms. The minimum atomic E-state index is -0.0150. The number of piperazine rings is 1. The van der Waals surface area contributed by atoms with Crippen molar-refractivity contribution in [3.63, 3.8) is 0 Å². The van der Waals surface area contributed by atoms with Crippen molar-refractivity contribution in [2.45, 2.75) is 12.5 Å². The van der Waals surface area contributed by atoms with E-state index in [0.29, 0.717) is 11.6 Å². The molecule has 26 heavy (non-hydrogen) atoms. The van der Waals surface area contributed by atoms with Crippen LogP contribution in [-0.4, -0.2) is 72.8 Å². The Kier molecular flexibility index (Phi) is 4.54. The van der Waals surface area contributed by atoms with Crippen molar-refractivity contribution in [3.8, 4) is 10.4 Å². The van der Waals surface area contributed by atoms with Gasteiger partial charge in [-0.1, -0.05) is 12.1 Å². The Bertz CT molecular complexity index is 845. The number of carbonyl (C=O) groups is 2. The molecular weight excluding hydrogens is 346 g/mol. The summed E-state index contributed by atoms with van der Waals surface area (Å²) in [6.07, 6.45) is 1.08. The molecule has 3 heterocycles. The van der Waals surface area contributed by atoms with Crippen LogP contribution in [-0.2, 0) is 0 Å². The molecule has 2 aromatic rings. The maximum atomic E-state index is 13.0. The van der Waals surface area contributed by atoms with E-state index in [0.717, 1.165) is 47.9 Å². The number of fused-ring (bicyclic) bond motifs is 2. The summed E-state index contributed by atoms with van der Waals surface area (Å²) in [5.74, 6) is 0.132. The van der Waals surface area contributed by atoms with Gasteiger partial charge in [-0.2, -0.15) is 0 Å². The van der Waals surface area contributed by atoms with Gasteiger partial charge in [-0.05, 0) is 36.2 Å². The second kappa shape index (κ2) is 6.85. The number of thiophene rings is 1. The van der Waals surface area contributed by atoms with Crippen molar-refractivity contribution in [2.24, 2.45) is 0 Å². The van der Waals surface area contributed by atoms with Crippen molar-refractivity contribution in [1.29, 1.82) is 0 Å². The van der Waals surface area contributed by atoms with Gasteiger partial charge in [-0.25, -0.2) is 0 Å². The van der Waals surface area contributed by atoms with Crippen LogP contribution in [0.25, 0.3) is 10.4 Å². The van der Waals surface area contributed by atoms with Crippen LogP contribution in [0.5, 0.6) is 0 Å². The van der Waals surface area contributed by atoms with Gasteiger partial charge in [-0.3, -0.25) is 14.5 Å². The molecule has 1 aromatic carbocycles. The Labute approximate surface area is 157 Å². The normalized spacial score (nSPS) is 21.7. The van der Waals surface area contributed by atoms with E-state index in [1.54, 1.807) is 19.0 Å². The minimum Gasteiger partial charge on any atom is -0.345 e. The Balaban J connectivity index is 1.55. The lowest BCUT2D eigenvalue weighted by Crippen LogP contribution is -2.49. The summed E-state index contributed by atoms with van der Waals surface area (Å²) < 4.78 is 0. The average Bonchev–Trinajstić information content (AvgIpc) is 3.28. The fraction of sp³-hybridized carbons (Fsp3) is 0.400. The Morgan fingerprint density at radius 2 is 1.96 bits per heavy atom. The molecule has 2 atom stereocenters. The van der Waals surface area contributed by atoms with Crippen molar-refractivity contribution in [3.05, 3.63) is 46.8 Å². The van der Waals surface area contributed by atoms with Gasteiger partial charge in [0.25, 0.3) is 11.8 Å². The molecule has 4 rings (SSSR count). The van der Waals surface area contributed by atoms with E-state index in [9.17, 15) is 9.59 Å². The predicted molar refractivity (Wildman–Crippen MR) is 104 cm³/mol. The average molecular weight is 369 g/mol. The highest BCUT2D eigenvalue weighted by Crippen LogP contribution is 2.31. The lowest BCUT2D eigenvalue weighted by Gasteiger charge is -2.34. The van der Waals surface area contributed by atoms with Crippen molar-refractivity contribution in [2.75, 3.05) is 40.3 Å². The second-order valence-corrected chi connectivity index (χ2v) is 8.27. The molecule has 2 amide bonds. The number of amides is 2. The van der Waals surface area contributed by atoms with E-state index in [4.69, 9.17) is 0 Å². The summed E-state index contributed by atoms with van der Waals surface area (Å²) in [5.41, 5.74) is 1.64. The highest BCUT2D eigenvalue weighted by molar-refractivity contribution is 7.17. The van der Waals surface area contributed by atoms with Gasteiger partial charge in [0.1, 0.15) is 0 Å². The van der Waals surface area contributed by atoms with Crippen LogP contribution in [0, 0.1) is 0 Å². The van der Waals surface area contributed by atoms with Crippen LogP contribution in [0.4, 0.5) is 0 Å². The Morgan fingerprint density at radius 3 is 2.77 bits per heavy atom. The van der Waals surface area contributed by atoms with Gasteiger partial charge in [0.2, 0.25) is 0 Å². The van der Waals surface area contributed by atoms with Gasteiger partial charge < -0.3 is 9.80 Å². The maximum absolute atomic E-state index is 13.0. The number of nitrogens with zero attached hydrogens (tertiary/aromatic N) is 3. The van der Waals surface area contributed by atoms with Crippen LogP contribution in [0.2, 0.25) is 0 Å². The molecule has 2 fully saturated rings. The van der Waals surface area contributed by atoms with Crippen molar-refractivity contribution in [1.82, 2.24) is 14.7 Å². The number of carbonyl (C=O) groups excluding carboxylic acids is 2.